The molecule has 6 N–H and O–H groups in total. The molecule has 0 aliphatic heterocycles. The van der Waals surface area contributed by atoms with Gasteiger partial charge in [-0.3, -0.25) is 4.79 Å². The standard InChI is InChI=1S/C15H35N5O/c1-15(21)20(14-6-12-19-10-4-8-17)13-5-11-18-9-3-2-7-16/h18-19H,2-14,16-17H2,1H3. The van der Waals surface area contributed by atoms with E-state index in [1.54, 1.807) is 6.92 Å². The molecule has 1 amide bonds. The van der Waals surface area contributed by atoms with Gasteiger partial charge in [-0.2, -0.15) is 0 Å². The van der Waals surface area contributed by atoms with Crippen molar-refractivity contribution in [3.63, 3.8) is 0 Å². The molecule has 0 aromatic heterocycles. The maximum atomic E-state index is 11.6. The molecule has 0 atom stereocenters. The largest absolute Gasteiger partial charge is 0.343 e. The average molecular weight is 301 g/mol. The Hall–Kier alpha value is -0.690. The molecule has 0 saturated heterocycles. The number of nitrogens with zero attached hydrogens (tertiary/aromatic N) is 1. The third-order valence-corrected chi connectivity index (χ3v) is 3.37. The van der Waals surface area contributed by atoms with Crippen molar-refractivity contribution in [1.29, 1.82) is 0 Å². The summed E-state index contributed by atoms with van der Waals surface area (Å²) < 4.78 is 0. The van der Waals surface area contributed by atoms with Gasteiger partial charge in [-0.1, -0.05) is 0 Å². The summed E-state index contributed by atoms with van der Waals surface area (Å²) in [7, 11) is 0. The topological polar surface area (TPSA) is 96.4 Å². The SMILES string of the molecule is CC(=O)N(CCCNCCCN)CCCNCCCCN. The van der Waals surface area contributed by atoms with E-state index >= 15 is 0 Å². The first-order valence-electron chi connectivity index (χ1n) is 8.29. The summed E-state index contributed by atoms with van der Waals surface area (Å²) in [5, 5.41) is 6.72. The third kappa shape index (κ3) is 14.0. The Labute approximate surface area is 130 Å². The van der Waals surface area contributed by atoms with Gasteiger partial charge < -0.3 is 27.0 Å². The molecule has 0 heterocycles. The van der Waals surface area contributed by atoms with Gasteiger partial charge in [-0.15, -0.1) is 0 Å². The Morgan fingerprint density at radius 2 is 1.29 bits per heavy atom. The summed E-state index contributed by atoms with van der Waals surface area (Å²) in [5.74, 6) is 0.167. The van der Waals surface area contributed by atoms with Gasteiger partial charge in [0, 0.05) is 20.0 Å². The van der Waals surface area contributed by atoms with Gasteiger partial charge >= 0.3 is 0 Å². The molecule has 6 nitrogen and oxygen atoms in total. The third-order valence-electron chi connectivity index (χ3n) is 3.37. The fraction of sp³-hybridized carbons (Fsp3) is 0.933. The summed E-state index contributed by atoms with van der Waals surface area (Å²) in [5.41, 5.74) is 10.9. The summed E-state index contributed by atoms with van der Waals surface area (Å²) in [6.45, 7) is 8.69. The molecule has 126 valence electrons. The van der Waals surface area contributed by atoms with Crippen molar-refractivity contribution < 1.29 is 4.79 Å². The van der Waals surface area contributed by atoms with Crippen LogP contribution >= 0.6 is 0 Å². The second-order valence-corrected chi connectivity index (χ2v) is 5.35. The van der Waals surface area contributed by atoms with E-state index in [9.17, 15) is 4.79 Å². The van der Waals surface area contributed by atoms with Gasteiger partial charge in [0.05, 0.1) is 0 Å². The number of hydrogen-bond donors (Lipinski definition) is 4. The lowest BCUT2D eigenvalue weighted by molar-refractivity contribution is -0.128. The normalized spacial score (nSPS) is 10.8. The second kappa shape index (κ2) is 15.7. The van der Waals surface area contributed by atoms with Gasteiger partial charge in [0.15, 0.2) is 0 Å². The van der Waals surface area contributed by atoms with Crippen LogP contribution in [0.5, 0.6) is 0 Å². The van der Waals surface area contributed by atoms with Crippen molar-refractivity contribution in [2.75, 3.05) is 52.4 Å². The van der Waals surface area contributed by atoms with Crippen LogP contribution in [-0.2, 0) is 4.79 Å². The molecule has 0 rings (SSSR count). The van der Waals surface area contributed by atoms with Gasteiger partial charge in [0.1, 0.15) is 0 Å². The first-order chi connectivity index (χ1) is 10.2. The first kappa shape index (κ1) is 20.3. The highest BCUT2D eigenvalue weighted by Crippen LogP contribution is 1.95. The Morgan fingerprint density at radius 1 is 0.810 bits per heavy atom. The lowest BCUT2D eigenvalue weighted by Crippen LogP contribution is -2.34. The summed E-state index contributed by atoms with van der Waals surface area (Å²) in [6, 6.07) is 0. The van der Waals surface area contributed by atoms with Crippen LogP contribution in [0.25, 0.3) is 0 Å². The van der Waals surface area contributed by atoms with Gasteiger partial charge in [-0.25, -0.2) is 0 Å². The van der Waals surface area contributed by atoms with Crippen LogP contribution in [-0.4, -0.2) is 63.2 Å². The zero-order valence-corrected chi connectivity index (χ0v) is 13.7. The van der Waals surface area contributed by atoms with Crippen LogP contribution in [0.15, 0.2) is 0 Å². The molecule has 21 heavy (non-hydrogen) atoms. The highest BCUT2D eigenvalue weighted by atomic mass is 16.2. The zero-order valence-electron chi connectivity index (χ0n) is 13.7. The van der Waals surface area contributed by atoms with Crippen LogP contribution in [0.4, 0.5) is 0 Å². The average Bonchev–Trinajstić information content (AvgIpc) is 2.47. The molecule has 0 radical (unpaired) electrons. The monoisotopic (exact) mass is 301 g/mol. The van der Waals surface area contributed by atoms with Crippen molar-refractivity contribution >= 4 is 5.91 Å². The van der Waals surface area contributed by atoms with E-state index in [0.29, 0.717) is 0 Å². The Bertz CT molecular complexity index is 238. The van der Waals surface area contributed by atoms with E-state index < -0.39 is 0 Å². The minimum absolute atomic E-state index is 0.167. The molecule has 0 aliphatic rings. The smallest absolute Gasteiger partial charge is 0.219 e. The Morgan fingerprint density at radius 3 is 1.76 bits per heavy atom. The first-order valence-corrected chi connectivity index (χ1v) is 8.29. The zero-order chi connectivity index (χ0) is 15.8. The number of rotatable bonds is 15. The molecular formula is C15H35N5O. The van der Waals surface area contributed by atoms with Crippen LogP contribution in [0.3, 0.4) is 0 Å². The number of unbranched alkanes of at least 4 members (excludes halogenated alkanes) is 1. The van der Waals surface area contributed by atoms with Crippen molar-refractivity contribution in [1.82, 2.24) is 15.5 Å². The minimum atomic E-state index is 0.167. The minimum Gasteiger partial charge on any atom is -0.343 e. The highest BCUT2D eigenvalue weighted by molar-refractivity contribution is 5.73. The fourth-order valence-corrected chi connectivity index (χ4v) is 2.09. The van der Waals surface area contributed by atoms with Crippen LogP contribution in [0.1, 0.15) is 39.0 Å². The van der Waals surface area contributed by atoms with E-state index in [1.165, 1.54) is 0 Å². The van der Waals surface area contributed by atoms with E-state index in [2.05, 4.69) is 10.6 Å². The quantitative estimate of drug-likeness (QED) is 0.316. The molecule has 0 bridgehead atoms. The molecule has 0 aliphatic carbocycles. The van der Waals surface area contributed by atoms with Crippen molar-refractivity contribution in [2.24, 2.45) is 11.5 Å². The Kier molecular flexibility index (Phi) is 15.2. The maximum Gasteiger partial charge on any atom is 0.219 e. The van der Waals surface area contributed by atoms with E-state index in [4.69, 9.17) is 11.5 Å². The van der Waals surface area contributed by atoms with Crippen LogP contribution < -0.4 is 22.1 Å². The summed E-state index contributed by atoms with van der Waals surface area (Å²) >= 11 is 0. The highest BCUT2D eigenvalue weighted by Gasteiger charge is 2.07. The molecule has 0 aromatic rings. The molecule has 0 spiro atoms. The predicted octanol–water partition coefficient (Wildman–Crippen LogP) is -0.118. The van der Waals surface area contributed by atoms with Gasteiger partial charge in [0.2, 0.25) is 5.91 Å². The number of carbonyl (C=O) groups excluding carboxylic acids is 1. The van der Waals surface area contributed by atoms with Crippen molar-refractivity contribution in [3.8, 4) is 0 Å². The van der Waals surface area contributed by atoms with E-state index in [0.717, 1.165) is 84.5 Å². The van der Waals surface area contributed by atoms with Crippen molar-refractivity contribution in [3.05, 3.63) is 0 Å². The lowest BCUT2D eigenvalue weighted by Gasteiger charge is -2.21. The van der Waals surface area contributed by atoms with Gasteiger partial charge in [-0.05, 0) is 71.4 Å². The van der Waals surface area contributed by atoms with Crippen LogP contribution in [0.2, 0.25) is 0 Å². The lowest BCUT2D eigenvalue weighted by atomic mass is 10.3. The van der Waals surface area contributed by atoms with E-state index in [-0.39, 0.29) is 5.91 Å². The number of nitrogens with two attached hydrogens (primary N) is 2. The molecule has 0 fully saturated rings. The number of amides is 1. The Balaban J connectivity index is 3.52. The second-order valence-electron chi connectivity index (χ2n) is 5.35. The van der Waals surface area contributed by atoms with Crippen LogP contribution in [0, 0.1) is 0 Å². The van der Waals surface area contributed by atoms with E-state index in [1.807, 2.05) is 4.90 Å². The number of hydrogen-bond acceptors (Lipinski definition) is 5. The molecule has 6 heteroatoms. The molecule has 0 aromatic carbocycles. The fourth-order valence-electron chi connectivity index (χ4n) is 2.09. The number of carbonyl (C=O) groups is 1. The summed E-state index contributed by atoms with van der Waals surface area (Å²) in [4.78, 5) is 13.5. The number of nitrogens with one attached hydrogen (secondary N) is 2. The maximum absolute atomic E-state index is 11.6. The summed E-state index contributed by atoms with van der Waals surface area (Å²) in [6.07, 6.45) is 5.20. The molecule has 0 saturated carbocycles. The molecule has 0 unspecified atom stereocenters. The molecular weight excluding hydrogens is 266 g/mol. The van der Waals surface area contributed by atoms with Gasteiger partial charge in [0.25, 0.3) is 0 Å². The van der Waals surface area contributed by atoms with Crippen molar-refractivity contribution in [2.45, 2.75) is 39.0 Å². The predicted molar refractivity (Wildman–Crippen MR) is 89.2 cm³/mol.